The van der Waals surface area contributed by atoms with Gasteiger partial charge >= 0.3 is 0 Å². The molecule has 0 aliphatic carbocycles. The summed E-state index contributed by atoms with van der Waals surface area (Å²) in [5, 5.41) is 10.2. The molecule has 1 unspecified atom stereocenters. The van der Waals surface area contributed by atoms with E-state index >= 15 is 0 Å². The number of ether oxygens (including phenoxy) is 1. The van der Waals surface area contributed by atoms with Crippen molar-refractivity contribution in [3.8, 4) is 5.75 Å². The van der Waals surface area contributed by atoms with Gasteiger partial charge < -0.3 is 14.3 Å². The minimum Gasteiger partial charge on any atom is -0.497 e. The lowest BCUT2D eigenvalue weighted by molar-refractivity contribution is 0.193. The van der Waals surface area contributed by atoms with Gasteiger partial charge in [-0.05, 0) is 48.5 Å². The quantitative estimate of drug-likeness (QED) is 0.659. The number of benzene rings is 1. The lowest BCUT2D eigenvalue weighted by atomic mass is 10.2. The van der Waals surface area contributed by atoms with Crippen LogP contribution in [0.4, 0.5) is 0 Å². The molecule has 0 radical (unpaired) electrons. The largest absolute Gasteiger partial charge is 0.497 e. The number of nitrogens with one attached hydrogen (secondary N) is 1. The van der Waals surface area contributed by atoms with E-state index in [4.69, 9.17) is 9.15 Å². The van der Waals surface area contributed by atoms with E-state index in [1.54, 1.807) is 36.4 Å². The molecule has 1 aromatic carbocycles. The van der Waals surface area contributed by atoms with E-state index in [-0.39, 0.29) is 11.4 Å². The Morgan fingerprint density at radius 3 is 2.60 bits per heavy atom. The van der Waals surface area contributed by atoms with Crippen LogP contribution in [0.2, 0.25) is 0 Å². The van der Waals surface area contributed by atoms with Gasteiger partial charge in [0.15, 0.2) is 0 Å². The van der Waals surface area contributed by atoms with Crippen molar-refractivity contribution < 1.29 is 22.7 Å². The molecule has 2 aromatic heterocycles. The molecule has 0 saturated heterocycles. The molecular weight excluding hydrogens is 362 g/mol. The fourth-order valence-electron chi connectivity index (χ4n) is 2.23. The molecule has 132 valence electrons. The summed E-state index contributed by atoms with van der Waals surface area (Å²) >= 11 is 1.32. The minimum absolute atomic E-state index is 0.143. The van der Waals surface area contributed by atoms with Gasteiger partial charge in [0.25, 0.3) is 0 Å². The predicted molar refractivity (Wildman–Crippen MR) is 94.1 cm³/mol. The second kappa shape index (κ2) is 7.40. The molecule has 3 aromatic rings. The summed E-state index contributed by atoms with van der Waals surface area (Å²) in [7, 11) is -2.10. The topological polar surface area (TPSA) is 88.8 Å². The van der Waals surface area contributed by atoms with Crippen molar-refractivity contribution in [3.05, 3.63) is 70.3 Å². The van der Waals surface area contributed by atoms with Crippen LogP contribution in [-0.2, 0) is 16.6 Å². The van der Waals surface area contributed by atoms with Crippen molar-refractivity contribution in [2.24, 2.45) is 0 Å². The molecule has 8 heteroatoms. The summed E-state index contributed by atoms with van der Waals surface area (Å²) in [6.45, 7) is 0.143. The Hall–Kier alpha value is -2.13. The molecule has 2 heterocycles. The lowest BCUT2D eigenvalue weighted by Crippen LogP contribution is -2.22. The van der Waals surface area contributed by atoms with E-state index in [2.05, 4.69) is 4.72 Å². The van der Waals surface area contributed by atoms with Crippen LogP contribution in [0.3, 0.4) is 0 Å². The molecule has 0 fully saturated rings. The molecule has 6 nitrogen and oxygen atoms in total. The zero-order valence-electron chi connectivity index (χ0n) is 13.4. The number of hydrogen-bond acceptors (Lipinski definition) is 6. The van der Waals surface area contributed by atoms with Crippen molar-refractivity contribution in [2.45, 2.75) is 17.5 Å². The first-order valence-corrected chi connectivity index (χ1v) is 9.73. The van der Waals surface area contributed by atoms with Crippen molar-refractivity contribution in [1.82, 2.24) is 4.72 Å². The van der Waals surface area contributed by atoms with Crippen LogP contribution in [0.15, 0.2) is 64.1 Å². The van der Waals surface area contributed by atoms with Gasteiger partial charge in [0.05, 0.1) is 18.3 Å². The van der Waals surface area contributed by atoms with Crippen molar-refractivity contribution in [2.75, 3.05) is 7.11 Å². The maximum Gasteiger partial charge on any atom is 0.240 e. The number of sulfonamides is 1. The summed E-state index contributed by atoms with van der Waals surface area (Å²) in [6.07, 6.45) is 0.641. The molecule has 25 heavy (non-hydrogen) atoms. The van der Waals surface area contributed by atoms with Gasteiger partial charge in [0, 0.05) is 16.3 Å². The third-order valence-electron chi connectivity index (χ3n) is 3.57. The number of hydrogen-bond donors (Lipinski definition) is 2. The zero-order chi connectivity index (χ0) is 17.9. The van der Waals surface area contributed by atoms with Crippen LogP contribution in [-0.4, -0.2) is 20.6 Å². The van der Waals surface area contributed by atoms with Crippen LogP contribution < -0.4 is 9.46 Å². The average molecular weight is 379 g/mol. The Kier molecular flexibility index (Phi) is 5.24. The first-order valence-electron chi connectivity index (χ1n) is 7.43. The second-order valence-electron chi connectivity index (χ2n) is 5.22. The van der Waals surface area contributed by atoms with E-state index in [1.165, 1.54) is 36.8 Å². The Bertz CT molecular complexity index is 914. The number of aliphatic hydroxyl groups excluding tert-OH is 1. The molecule has 3 rings (SSSR count). The molecule has 0 amide bonds. The highest BCUT2D eigenvalue weighted by Gasteiger charge is 2.17. The molecule has 2 N–H and O–H groups in total. The number of methoxy groups -OCH3 is 1. The number of furan rings is 1. The summed E-state index contributed by atoms with van der Waals surface area (Å²) in [5.41, 5.74) is 0. The molecule has 0 saturated carbocycles. The van der Waals surface area contributed by atoms with Crippen LogP contribution in [0.25, 0.3) is 0 Å². The maximum absolute atomic E-state index is 12.3. The molecular formula is C17H17NO5S2. The molecule has 0 bridgehead atoms. The SMILES string of the molecule is COc1ccc(S(=O)(=O)NCc2ccc(C(O)c3ccco3)s2)cc1. The molecule has 0 aliphatic rings. The van der Waals surface area contributed by atoms with E-state index in [9.17, 15) is 13.5 Å². The molecule has 1 atom stereocenters. The highest BCUT2D eigenvalue weighted by molar-refractivity contribution is 7.89. The highest BCUT2D eigenvalue weighted by Crippen LogP contribution is 2.29. The lowest BCUT2D eigenvalue weighted by Gasteiger charge is -2.07. The van der Waals surface area contributed by atoms with Crippen molar-refractivity contribution in [3.63, 3.8) is 0 Å². The van der Waals surface area contributed by atoms with E-state index in [0.29, 0.717) is 16.4 Å². The van der Waals surface area contributed by atoms with E-state index < -0.39 is 16.1 Å². The van der Waals surface area contributed by atoms with Gasteiger partial charge in [-0.3, -0.25) is 0 Å². The van der Waals surface area contributed by atoms with Crippen LogP contribution in [0, 0.1) is 0 Å². The first kappa shape index (κ1) is 17.7. The number of aliphatic hydroxyl groups is 1. The predicted octanol–water partition coefficient (Wildman–Crippen LogP) is 2.91. The van der Waals surface area contributed by atoms with Crippen LogP contribution >= 0.6 is 11.3 Å². The van der Waals surface area contributed by atoms with Crippen molar-refractivity contribution >= 4 is 21.4 Å². The van der Waals surface area contributed by atoms with Crippen LogP contribution in [0.1, 0.15) is 21.6 Å². The number of thiophene rings is 1. The summed E-state index contributed by atoms with van der Waals surface area (Å²) in [4.78, 5) is 1.65. The highest BCUT2D eigenvalue weighted by atomic mass is 32.2. The normalized spacial score (nSPS) is 12.9. The Morgan fingerprint density at radius 2 is 1.96 bits per heavy atom. The van der Waals surface area contributed by atoms with Crippen molar-refractivity contribution in [1.29, 1.82) is 0 Å². The van der Waals surface area contributed by atoms with Gasteiger partial charge in [-0.15, -0.1) is 11.3 Å². The average Bonchev–Trinajstić information content (AvgIpc) is 3.31. The smallest absolute Gasteiger partial charge is 0.240 e. The monoisotopic (exact) mass is 379 g/mol. The fraction of sp³-hybridized carbons (Fsp3) is 0.176. The van der Waals surface area contributed by atoms with Gasteiger partial charge in [-0.2, -0.15) is 0 Å². The third kappa shape index (κ3) is 4.10. The Morgan fingerprint density at radius 1 is 1.20 bits per heavy atom. The van der Waals surface area contributed by atoms with Gasteiger partial charge in [0.1, 0.15) is 17.6 Å². The number of rotatable bonds is 7. The second-order valence-corrected chi connectivity index (χ2v) is 8.19. The first-order chi connectivity index (χ1) is 12.0. The van der Waals surface area contributed by atoms with E-state index in [0.717, 1.165) is 4.88 Å². The van der Waals surface area contributed by atoms with Gasteiger partial charge in [-0.25, -0.2) is 13.1 Å². The Balaban J connectivity index is 1.66. The molecule has 0 spiro atoms. The summed E-state index contributed by atoms with van der Waals surface area (Å²) in [6, 6.07) is 13.1. The fourth-order valence-corrected chi connectivity index (χ4v) is 4.27. The summed E-state index contributed by atoms with van der Waals surface area (Å²) in [5.74, 6) is 1.04. The minimum atomic E-state index is -3.62. The van der Waals surface area contributed by atoms with Gasteiger partial charge in [0.2, 0.25) is 10.0 Å². The molecule has 0 aliphatic heterocycles. The summed E-state index contributed by atoms with van der Waals surface area (Å²) < 4.78 is 37.4. The zero-order valence-corrected chi connectivity index (χ0v) is 15.0. The van der Waals surface area contributed by atoms with Crippen LogP contribution in [0.5, 0.6) is 5.75 Å². The third-order valence-corrected chi connectivity index (χ3v) is 6.13. The van der Waals surface area contributed by atoms with E-state index in [1.807, 2.05) is 0 Å². The Labute approximate surface area is 149 Å². The van der Waals surface area contributed by atoms with Gasteiger partial charge in [-0.1, -0.05) is 0 Å². The standard InChI is InChI=1S/C17H17NO5S2/c1-22-12-4-7-14(8-5-12)25(20,21)18-11-13-6-9-16(24-13)17(19)15-3-2-10-23-15/h2-10,17-19H,11H2,1H3. The maximum atomic E-state index is 12.3.